The second-order valence-electron chi connectivity index (χ2n) is 4.21. The summed E-state index contributed by atoms with van der Waals surface area (Å²) in [5.74, 6) is 1.72. The lowest BCUT2D eigenvalue weighted by atomic mass is 10.1. The zero-order chi connectivity index (χ0) is 13.0. The Morgan fingerprint density at radius 3 is 2.50 bits per heavy atom. The molecule has 0 spiro atoms. The largest absolute Gasteiger partial charge is 0.457 e. The summed E-state index contributed by atoms with van der Waals surface area (Å²) in [5.41, 5.74) is 8.01. The van der Waals surface area contributed by atoms with Gasteiger partial charge in [0.05, 0.1) is 0 Å². The van der Waals surface area contributed by atoms with E-state index in [1.165, 1.54) is 5.56 Å². The first-order valence-electron chi connectivity index (χ1n) is 5.92. The minimum atomic E-state index is 0.625. The van der Waals surface area contributed by atoms with Crippen molar-refractivity contribution in [2.24, 2.45) is 5.73 Å². The van der Waals surface area contributed by atoms with Gasteiger partial charge in [0.1, 0.15) is 11.5 Å². The van der Waals surface area contributed by atoms with Crippen LogP contribution >= 0.6 is 15.9 Å². The van der Waals surface area contributed by atoms with Crippen molar-refractivity contribution in [1.29, 1.82) is 0 Å². The lowest BCUT2D eigenvalue weighted by molar-refractivity contribution is 0.476. The number of ether oxygens (including phenoxy) is 1. The maximum absolute atomic E-state index is 5.90. The van der Waals surface area contributed by atoms with Gasteiger partial charge in [-0.2, -0.15) is 0 Å². The van der Waals surface area contributed by atoms with Crippen LogP contribution in [-0.2, 0) is 6.42 Å². The van der Waals surface area contributed by atoms with Gasteiger partial charge in [-0.3, -0.25) is 0 Å². The maximum Gasteiger partial charge on any atom is 0.130 e. The van der Waals surface area contributed by atoms with Crippen LogP contribution in [0.2, 0.25) is 0 Å². The summed E-state index contributed by atoms with van der Waals surface area (Å²) in [7, 11) is 0. The zero-order valence-corrected chi connectivity index (χ0v) is 11.9. The zero-order valence-electron chi connectivity index (χ0n) is 10.3. The number of halogens is 1. The van der Waals surface area contributed by atoms with Gasteiger partial charge in [-0.1, -0.05) is 33.6 Å². The van der Waals surface area contributed by atoms with Gasteiger partial charge in [-0.15, -0.1) is 0 Å². The Kier molecular flexibility index (Phi) is 4.39. The average molecular weight is 306 g/mol. The predicted octanol–water partition coefficient (Wildman–Crippen LogP) is 4.05. The summed E-state index contributed by atoms with van der Waals surface area (Å²) < 4.78 is 6.94. The molecule has 0 saturated heterocycles. The molecular weight excluding hydrogens is 290 g/mol. The Balaban J connectivity index is 2.25. The first kappa shape index (κ1) is 13.1. The Bertz CT molecular complexity index is 523. The number of nitrogens with two attached hydrogens (primary N) is 1. The van der Waals surface area contributed by atoms with Crippen molar-refractivity contribution >= 4 is 15.9 Å². The SMILES string of the molecule is Cc1ccc(Oc2ccc(Br)cc2)c(CCN)c1. The van der Waals surface area contributed by atoms with E-state index in [4.69, 9.17) is 10.5 Å². The Morgan fingerprint density at radius 2 is 1.83 bits per heavy atom. The summed E-state index contributed by atoms with van der Waals surface area (Å²) in [6, 6.07) is 14.0. The summed E-state index contributed by atoms with van der Waals surface area (Å²) >= 11 is 3.41. The van der Waals surface area contributed by atoms with Crippen LogP contribution < -0.4 is 10.5 Å². The smallest absolute Gasteiger partial charge is 0.130 e. The van der Waals surface area contributed by atoms with Gasteiger partial charge in [0.2, 0.25) is 0 Å². The quantitative estimate of drug-likeness (QED) is 0.925. The van der Waals surface area contributed by atoms with Crippen molar-refractivity contribution in [2.45, 2.75) is 13.3 Å². The summed E-state index contributed by atoms with van der Waals surface area (Å²) in [4.78, 5) is 0. The van der Waals surface area contributed by atoms with Gasteiger partial charge >= 0.3 is 0 Å². The van der Waals surface area contributed by atoms with Crippen LogP contribution in [0.3, 0.4) is 0 Å². The summed E-state index contributed by atoms with van der Waals surface area (Å²) in [6.07, 6.45) is 0.827. The third-order valence-electron chi connectivity index (χ3n) is 2.67. The highest BCUT2D eigenvalue weighted by molar-refractivity contribution is 9.10. The standard InChI is InChI=1S/C15H16BrNO/c1-11-2-7-15(12(10-11)8-9-17)18-14-5-3-13(16)4-6-14/h2-7,10H,8-9,17H2,1H3. The highest BCUT2D eigenvalue weighted by Gasteiger charge is 2.05. The topological polar surface area (TPSA) is 35.2 Å². The van der Waals surface area contributed by atoms with Crippen LogP contribution in [0.15, 0.2) is 46.9 Å². The van der Waals surface area contributed by atoms with E-state index in [9.17, 15) is 0 Å². The molecule has 0 radical (unpaired) electrons. The fourth-order valence-electron chi connectivity index (χ4n) is 1.79. The van der Waals surface area contributed by atoms with Crippen molar-refractivity contribution < 1.29 is 4.74 Å². The molecule has 0 bridgehead atoms. The first-order valence-corrected chi connectivity index (χ1v) is 6.71. The fraction of sp³-hybridized carbons (Fsp3) is 0.200. The van der Waals surface area contributed by atoms with E-state index in [2.05, 4.69) is 28.9 Å². The van der Waals surface area contributed by atoms with E-state index >= 15 is 0 Å². The van der Waals surface area contributed by atoms with E-state index in [0.29, 0.717) is 6.54 Å². The minimum Gasteiger partial charge on any atom is -0.457 e. The molecule has 94 valence electrons. The van der Waals surface area contributed by atoms with Crippen LogP contribution in [0.25, 0.3) is 0 Å². The molecule has 0 unspecified atom stereocenters. The van der Waals surface area contributed by atoms with Gasteiger partial charge in [0.15, 0.2) is 0 Å². The van der Waals surface area contributed by atoms with E-state index in [1.807, 2.05) is 36.4 Å². The van der Waals surface area contributed by atoms with Crippen molar-refractivity contribution in [3.8, 4) is 11.5 Å². The number of benzene rings is 2. The lowest BCUT2D eigenvalue weighted by Crippen LogP contribution is -2.04. The van der Waals surface area contributed by atoms with E-state index in [1.54, 1.807) is 0 Å². The summed E-state index contributed by atoms with van der Waals surface area (Å²) in [6.45, 7) is 2.70. The monoisotopic (exact) mass is 305 g/mol. The average Bonchev–Trinajstić information content (AvgIpc) is 2.36. The molecule has 0 atom stereocenters. The van der Waals surface area contributed by atoms with Gasteiger partial charge in [0, 0.05) is 4.47 Å². The second-order valence-corrected chi connectivity index (χ2v) is 5.12. The Hall–Kier alpha value is -1.32. The lowest BCUT2D eigenvalue weighted by Gasteiger charge is -2.11. The van der Waals surface area contributed by atoms with Crippen LogP contribution in [0.5, 0.6) is 11.5 Å². The number of aryl methyl sites for hydroxylation is 1. The molecule has 0 fully saturated rings. The van der Waals surface area contributed by atoms with Gasteiger partial charge in [-0.25, -0.2) is 0 Å². The Morgan fingerprint density at radius 1 is 1.11 bits per heavy atom. The van der Waals surface area contributed by atoms with Crippen molar-refractivity contribution in [3.05, 3.63) is 58.1 Å². The number of rotatable bonds is 4. The molecule has 2 aromatic rings. The molecule has 0 saturated carbocycles. The third kappa shape index (κ3) is 3.34. The number of hydrogen-bond donors (Lipinski definition) is 1. The van der Waals surface area contributed by atoms with Gasteiger partial charge in [0.25, 0.3) is 0 Å². The maximum atomic E-state index is 5.90. The third-order valence-corrected chi connectivity index (χ3v) is 3.20. The molecule has 0 heterocycles. The van der Waals surface area contributed by atoms with E-state index in [0.717, 1.165) is 28.0 Å². The highest BCUT2D eigenvalue weighted by atomic mass is 79.9. The molecule has 0 aliphatic carbocycles. The molecule has 2 N–H and O–H groups in total. The van der Waals surface area contributed by atoms with Crippen LogP contribution in [0.1, 0.15) is 11.1 Å². The number of hydrogen-bond acceptors (Lipinski definition) is 2. The molecule has 2 nitrogen and oxygen atoms in total. The molecule has 0 amide bonds. The van der Waals surface area contributed by atoms with E-state index < -0.39 is 0 Å². The Labute approximate surface area is 116 Å². The van der Waals surface area contributed by atoms with Gasteiger partial charge in [-0.05, 0) is 55.8 Å². The molecule has 18 heavy (non-hydrogen) atoms. The van der Waals surface area contributed by atoms with Crippen LogP contribution in [0.4, 0.5) is 0 Å². The fourth-order valence-corrected chi connectivity index (χ4v) is 2.05. The molecular formula is C15H16BrNO. The summed E-state index contributed by atoms with van der Waals surface area (Å²) in [5, 5.41) is 0. The van der Waals surface area contributed by atoms with Crippen LogP contribution in [0, 0.1) is 6.92 Å². The van der Waals surface area contributed by atoms with Crippen molar-refractivity contribution in [2.75, 3.05) is 6.54 Å². The first-order chi connectivity index (χ1) is 8.69. The molecule has 3 heteroatoms. The minimum absolute atomic E-state index is 0.625. The molecule has 2 aromatic carbocycles. The van der Waals surface area contributed by atoms with Crippen molar-refractivity contribution in [3.63, 3.8) is 0 Å². The molecule has 0 aromatic heterocycles. The van der Waals surface area contributed by atoms with E-state index in [-0.39, 0.29) is 0 Å². The highest BCUT2D eigenvalue weighted by Crippen LogP contribution is 2.27. The molecule has 0 aliphatic rings. The van der Waals surface area contributed by atoms with Crippen LogP contribution in [-0.4, -0.2) is 6.54 Å². The van der Waals surface area contributed by atoms with Crippen molar-refractivity contribution in [1.82, 2.24) is 0 Å². The van der Waals surface area contributed by atoms with Gasteiger partial charge < -0.3 is 10.5 Å². The molecule has 0 aliphatic heterocycles. The normalized spacial score (nSPS) is 10.4. The predicted molar refractivity (Wildman–Crippen MR) is 78.2 cm³/mol. The molecule has 2 rings (SSSR count). The second kappa shape index (κ2) is 6.03.